The van der Waals surface area contributed by atoms with E-state index in [9.17, 15) is 4.79 Å². The lowest BCUT2D eigenvalue weighted by atomic mass is 10.2. The van der Waals surface area contributed by atoms with Crippen molar-refractivity contribution in [3.63, 3.8) is 0 Å². The number of carbonyl (C=O) groups is 1. The number of hydrogen-bond donors (Lipinski definition) is 0. The number of fused-ring (bicyclic) bond motifs is 1. The Balaban J connectivity index is 1.43. The molecule has 1 amide bonds. The number of hydrogen-bond acceptors (Lipinski definition) is 6. The number of para-hydroxylation sites is 2. The van der Waals surface area contributed by atoms with Gasteiger partial charge >= 0.3 is 0 Å². The molecule has 1 aliphatic heterocycles. The Labute approximate surface area is 201 Å². The van der Waals surface area contributed by atoms with E-state index in [0.717, 1.165) is 34.8 Å². The lowest BCUT2D eigenvalue weighted by molar-refractivity contribution is -0.116. The Bertz CT molecular complexity index is 1250. The highest BCUT2D eigenvalue weighted by atomic mass is 32.2. The van der Waals surface area contributed by atoms with Crippen molar-refractivity contribution in [3.05, 3.63) is 79.1 Å². The van der Waals surface area contributed by atoms with Gasteiger partial charge in [-0.2, -0.15) is 0 Å². The van der Waals surface area contributed by atoms with Crippen LogP contribution < -0.4 is 4.90 Å². The third kappa shape index (κ3) is 4.67. The van der Waals surface area contributed by atoms with Gasteiger partial charge in [0, 0.05) is 40.3 Å². The van der Waals surface area contributed by atoms with Crippen LogP contribution in [0.1, 0.15) is 13.3 Å². The minimum Gasteiger partial charge on any atom is -0.311 e. The molecule has 0 fully saturated rings. The normalized spacial score (nSPS) is 15.7. The van der Waals surface area contributed by atoms with Crippen LogP contribution in [0.5, 0.6) is 0 Å². The van der Waals surface area contributed by atoms with E-state index in [1.165, 1.54) is 11.8 Å². The highest BCUT2D eigenvalue weighted by Gasteiger charge is 2.25. The Morgan fingerprint density at radius 1 is 1.06 bits per heavy atom. The fraction of sp³-hybridized carbons (Fsp3) is 0.200. The number of amides is 1. The third-order valence-electron chi connectivity index (χ3n) is 5.44. The van der Waals surface area contributed by atoms with Gasteiger partial charge in [-0.3, -0.25) is 14.3 Å². The van der Waals surface area contributed by atoms with Crippen LogP contribution in [-0.2, 0) is 4.79 Å². The van der Waals surface area contributed by atoms with Gasteiger partial charge in [0.1, 0.15) is 0 Å². The number of thioether (sulfide) groups is 2. The number of carbonyl (C=O) groups excluding carboxylic acids is 1. The zero-order valence-corrected chi connectivity index (χ0v) is 19.8. The number of anilines is 1. The summed E-state index contributed by atoms with van der Waals surface area (Å²) in [5, 5.41) is 10.0. The smallest absolute Gasteiger partial charge is 0.237 e. The van der Waals surface area contributed by atoms with E-state index in [0.29, 0.717) is 16.2 Å². The molecule has 1 atom stereocenters. The molecule has 0 N–H and O–H groups in total. The van der Waals surface area contributed by atoms with Crippen LogP contribution in [0.25, 0.3) is 17.1 Å². The first-order chi connectivity index (χ1) is 16.2. The summed E-state index contributed by atoms with van der Waals surface area (Å²) >= 11 is 3.25. The Kier molecular flexibility index (Phi) is 6.46. The summed E-state index contributed by atoms with van der Waals surface area (Å²) in [6.45, 7) is 2.93. The molecule has 0 bridgehead atoms. The van der Waals surface area contributed by atoms with E-state index >= 15 is 0 Å². The lowest BCUT2D eigenvalue weighted by Crippen LogP contribution is -2.33. The molecule has 0 spiro atoms. The highest BCUT2D eigenvalue weighted by Crippen LogP contribution is 2.38. The Morgan fingerprint density at radius 2 is 1.88 bits per heavy atom. The molecule has 5 rings (SSSR count). The molecular weight excluding hydrogens is 450 g/mol. The summed E-state index contributed by atoms with van der Waals surface area (Å²) in [7, 11) is 0. The van der Waals surface area contributed by atoms with Crippen LogP contribution in [0.4, 0.5) is 5.69 Å². The SMILES string of the molecule is C[C@@H]1CCN(C(=O)CSc2nnc(-c3cccnc3)n2-c2ccccc2)c2ccccc2S1. The first kappa shape index (κ1) is 21.7. The molecule has 0 aliphatic carbocycles. The minimum absolute atomic E-state index is 0.0766. The molecule has 3 heterocycles. The number of rotatable bonds is 5. The second-order valence-electron chi connectivity index (χ2n) is 7.74. The van der Waals surface area contributed by atoms with Gasteiger partial charge in [0.15, 0.2) is 11.0 Å². The molecule has 4 aromatic rings. The maximum Gasteiger partial charge on any atom is 0.237 e. The summed E-state index contributed by atoms with van der Waals surface area (Å²) in [4.78, 5) is 20.7. The molecule has 166 valence electrons. The maximum absolute atomic E-state index is 13.3. The predicted molar refractivity (Wildman–Crippen MR) is 134 cm³/mol. The van der Waals surface area contributed by atoms with Gasteiger partial charge in [0.05, 0.1) is 11.4 Å². The number of aromatic nitrogens is 4. The molecular formula is C25H23N5OS2. The van der Waals surface area contributed by atoms with Crippen molar-refractivity contribution >= 4 is 35.1 Å². The van der Waals surface area contributed by atoms with Crippen molar-refractivity contribution < 1.29 is 4.79 Å². The Morgan fingerprint density at radius 3 is 2.70 bits per heavy atom. The third-order valence-corrected chi connectivity index (χ3v) is 7.59. The van der Waals surface area contributed by atoms with Gasteiger partial charge < -0.3 is 4.90 Å². The van der Waals surface area contributed by atoms with Crippen molar-refractivity contribution in [2.45, 2.75) is 28.6 Å². The molecule has 6 nitrogen and oxygen atoms in total. The monoisotopic (exact) mass is 473 g/mol. The topological polar surface area (TPSA) is 63.9 Å². The molecule has 8 heteroatoms. The van der Waals surface area contributed by atoms with Crippen molar-refractivity contribution in [2.75, 3.05) is 17.2 Å². The van der Waals surface area contributed by atoms with Crippen LogP contribution >= 0.6 is 23.5 Å². The number of nitrogens with zero attached hydrogens (tertiary/aromatic N) is 5. The van der Waals surface area contributed by atoms with Crippen LogP contribution in [0.2, 0.25) is 0 Å². The molecule has 33 heavy (non-hydrogen) atoms. The Hall–Kier alpha value is -3.10. The summed E-state index contributed by atoms with van der Waals surface area (Å²) < 4.78 is 1.99. The van der Waals surface area contributed by atoms with Gasteiger partial charge in [-0.05, 0) is 42.8 Å². The van der Waals surface area contributed by atoms with E-state index in [4.69, 9.17) is 0 Å². The minimum atomic E-state index is 0.0766. The van der Waals surface area contributed by atoms with E-state index < -0.39 is 0 Å². The van der Waals surface area contributed by atoms with Crippen molar-refractivity contribution in [1.82, 2.24) is 19.7 Å². The average molecular weight is 474 g/mol. The first-order valence-corrected chi connectivity index (χ1v) is 12.7. The fourth-order valence-electron chi connectivity index (χ4n) is 3.81. The molecule has 0 saturated heterocycles. The lowest BCUT2D eigenvalue weighted by Gasteiger charge is -2.22. The second kappa shape index (κ2) is 9.80. The van der Waals surface area contributed by atoms with Crippen LogP contribution in [0.15, 0.2) is 89.2 Å². The van der Waals surface area contributed by atoms with Gasteiger partial charge in [-0.25, -0.2) is 0 Å². The first-order valence-electron chi connectivity index (χ1n) is 10.8. The summed E-state index contributed by atoms with van der Waals surface area (Å²) in [5.41, 5.74) is 2.82. The average Bonchev–Trinajstić information content (AvgIpc) is 3.20. The highest BCUT2D eigenvalue weighted by molar-refractivity contribution is 8.00. The molecule has 2 aromatic heterocycles. The van der Waals surface area contributed by atoms with Gasteiger partial charge in [-0.15, -0.1) is 22.0 Å². The van der Waals surface area contributed by atoms with E-state index in [2.05, 4.69) is 28.2 Å². The quantitative estimate of drug-likeness (QED) is 0.365. The van der Waals surface area contributed by atoms with Crippen molar-refractivity contribution in [3.8, 4) is 17.1 Å². The zero-order chi connectivity index (χ0) is 22.6. The van der Waals surface area contributed by atoms with Gasteiger partial charge in [0.25, 0.3) is 0 Å². The number of benzene rings is 2. The molecule has 2 aromatic carbocycles. The molecule has 0 saturated carbocycles. The second-order valence-corrected chi connectivity index (χ2v) is 10.2. The number of pyridine rings is 1. The fourth-order valence-corrected chi connectivity index (χ4v) is 5.75. The standard InChI is InChI=1S/C25H23N5OS2/c1-18-13-15-29(21-11-5-6-12-22(21)33-18)23(31)17-32-25-28-27-24(19-8-7-14-26-16-19)30(25)20-9-3-2-4-10-20/h2-12,14,16,18H,13,15,17H2,1H3/t18-/m1/s1. The van der Waals surface area contributed by atoms with Gasteiger partial charge in [-0.1, -0.05) is 49.0 Å². The molecule has 0 unspecified atom stereocenters. The van der Waals surface area contributed by atoms with Crippen molar-refractivity contribution in [2.24, 2.45) is 0 Å². The summed E-state index contributed by atoms with van der Waals surface area (Å²) in [6, 6.07) is 22.0. The van der Waals surface area contributed by atoms with Crippen molar-refractivity contribution in [1.29, 1.82) is 0 Å². The summed E-state index contributed by atoms with van der Waals surface area (Å²) in [5.74, 6) is 1.06. The molecule has 0 radical (unpaired) electrons. The molecule has 1 aliphatic rings. The predicted octanol–water partition coefficient (Wildman–Crippen LogP) is 5.34. The largest absolute Gasteiger partial charge is 0.311 e. The zero-order valence-electron chi connectivity index (χ0n) is 18.2. The van der Waals surface area contributed by atoms with E-state index in [1.807, 2.05) is 81.9 Å². The summed E-state index contributed by atoms with van der Waals surface area (Å²) in [6.07, 6.45) is 4.47. The van der Waals surface area contributed by atoms with E-state index in [-0.39, 0.29) is 11.7 Å². The van der Waals surface area contributed by atoms with Crippen LogP contribution in [0.3, 0.4) is 0 Å². The van der Waals surface area contributed by atoms with E-state index in [1.54, 1.807) is 12.4 Å². The van der Waals surface area contributed by atoms with Gasteiger partial charge in [0.2, 0.25) is 5.91 Å². The maximum atomic E-state index is 13.3. The van der Waals surface area contributed by atoms with Crippen LogP contribution in [-0.4, -0.2) is 43.2 Å². The van der Waals surface area contributed by atoms with Crippen LogP contribution in [0, 0.1) is 0 Å².